The predicted molar refractivity (Wildman–Crippen MR) is 120 cm³/mol. The van der Waals surface area contributed by atoms with E-state index in [0.717, 1.165) is 30.0 Å². The Bertz CT molecular complexity index is 956. The summed E-state index contributed by atoms with van der Waals surface area (Å²) >= 11 is 7.27. The Labute approximate surface area is 179 Å². The molecule has 1 fully saturated rings. The highest BCUT2D eigenvalue weighted by Crippen LogP contribution is 2.23. The van der Waals surface area contributed by atoms with E-state index >= 15 is 0 Å². The van der Waals surface area contributed by atoms with Gasteiger partial charge in [-0.3, -0.25) is 4.79 Å². The summed E-state index contributed by atoms with van der Waals surface area (Å²) < 4.78 is 0. The van der Waals surface area contributed by atoms with Gasteiger partial charge in [0, 0.05) is 35.1 Å². The maximum atomic E-state index is 12.2. The number of benzene rings is 2. The number of hydrogen-bond acceptors (Lipinski definition) is 5. The lowest BCUT2D eigenvalue weighted by atomic mass is 10.1. The lowest BCUT2D eigenvalue weighted by Crippen LogP contribution is -2.18. The second-order valence-electron chi connectivity index (χ2n) is 6.84. The molecule has 0 bridgehead atoms. The molecule has 148 valence electrons. The number of nitrogens with one attached hydrogen (secondary N) is 1. The van der Waals surface area contributed by atoms with Crippen LogP contribution in [0.25, 0.3) is 11.3 Å². The molecule has 1 aliphatic heterocycles. The summed E-state index contributed by atoms with van der Waals surface area (Å²) in [6.07, 6.45) is 2.50. The van der Waals surface area contributed by atoms with E-state index in [0.29, 0.717) is 10.0 Å². The Morgan fingerprint density at radius 3 is 2.34 bits per heavy atom. The maximum Gasteiger partial charge on any atom is 0.234 e. The normalized spacial score (nSPS) is 13.5. The van der Waals surface area contributed by atoms with Crippen molar-refractivity contribution in [1.29, 1.82) is 0 Å². The molecule has 0 aliphatic carbocycles. The second kappa shape index (κ2) is 9.29. The summed E-state index contributed by atoms with van der Waals surface area (Å²) in [5.74, 6) is 0.218. The molecule has 3 aromatic rings. The number of carbonyl (C=O) groups is 1. The predicted octanol–water partition coefficient (Wildman–Crippen LogP) is 5.13. The summed E-state index contributed by atoms with van der Waals surface area (Å²) in [6, 6.07) is 19.3. The van der Waals surface area contributed by atoms with Crippen LogP contribution in [0.4, 0.5) is 11.4 Å². The monoisotopic (exact) mass is 424 g/mol. The third-order valence-electron chi connectivity index (χ3n) is 4.75. The van der Waals surface area contributed by atoms with Crippen molar-refractivity contribution in [2.75, 3.05) is 29.1 Å². The number of aromatic nitrogens is 2. The van der Waals surface area contributed by atoms with Crippen molar-refractivity contribution in [1.82, 2.24) is 10.2 Å². The van der Waals surface area contributed by atoms with E-state index in [1.807, 2.05) is 48.5 Å². The quantitative estimate of drug-likeness (QED) is 0.556. The van der Waals surface area contributed by atoms with E-state index in [2.05, 4.69) is 32.5 Å². The van der Waals surface area contributed by atoms with Gasteiger partial charge in [-0.1, -0.05) is 35.5 Å². The molecule has 0 saturated carbocycles. The minimum atomic E-state index is -0.0625. The first-order valence-corrected chi connectivity index (χ1v) is 10.9. The topological polar surface area (TPSA) is 58.1 Å². The molecular weight excluding hydrogens is 404 g/mol. The first kappa shape index (κ1) is 19.7. The van der Waals surface area contributed by atoms with Crippen molar-refractivity contribution < 1.29 is 4.79 Å². The van der Waals surface area contributed by atoms with Crippen LogP contribution in [0.3, 0.4) is 0 Å². The standard InChI is InChI=1S/C22H21ClN4OS/c23-17-5-3-16(4-6-17)20-11-12-22(26-25-20)29-15-21(28)24-18-7-9-19(10-8-18)27-13-1-2-14-27/h3-12H,1-2,13-15H2,(H,24,28). The molecule has 1 saturated heterocycles. The van der Waals surface area contributed by atoms with Gasteiger partial charge in [0.1, 0.15) is 5.03 Å². The lowest BCUT2D eigenvalue weighted by molar-refractivity contribution is -0.113. The van der Waals surface area contributed by atoms with E-state index in [1.165, 1.54) is 30.3 Å². The van der Waals surface area contributed by atoms with Crippen LogP contribution in [-0.4, -0.2) is 34.9 Å². The largest absolute Gasteiger partial charge is 0.372 e. The molecule has 5 nitrogen and oxygen atoms in total. The zero-order valence-corrected chi connectivity index (χ0v) is 17.4. The van der Waals surface area contributed by atoms with Gasteiger partial charge in [-0.15, -0.1) is 10.2 Å². The molecule has 7 heteroatoms. The molecule has 1 N–H and O–H groups in total. The summed E-state index contributed by atoms with van der Waals surface area (Å²) in [5.41, 5.74) is 3.75. The third kappa shape index (κ3) is 5.28. The van der Waals surface area contributed by atoms with Gasteiger partial charge >= 0.3 is 0 Å². The van der Waals surface area contributed by atoms with Crippen molar-refractivity contribution in [3.63, 3.8) is 0 Å². The Hall–Kier alpha value is -2.57. The molecule has 0 radical (unpaired) electrons. The minimum absolute atomic E-state index is 0.0625. The fraction of sp³-hybridized carbons (Fsp3) is 0.227. The van der Waals surface area contributed by atoms with Crippen LogP contribution < -0.4 is 10.2 Å². The summed E-state index contributed by atoms with van der Waals surface area (Å²) in [7, 11) is 0. The molecule has 0 spiro atoms. The van der Waals surface area contributed by atoms with Gasteiger partial charge in [0.2, 0.25) is 5.91 Å². The average molecular weight is 425 g/mol. The average Bonchev–Trinajstić information content (AvgIpc) is 3.29. The maximum absolute atomic E-state index is 12.2. The lowest BCUT2D eigenvalue weighted by Gasteiger charge is -2.17. The minimum Gasteiger partial charge on any atom is -0.372 e. The molecule has 0 unspecified atom stereocenters. The van der Waals surface area contributed by atoms with Crippen molar-refractivity contribution in [2.45, 2.75) is 17.9 Å². The number of hydrogen-bond donors (Lipinski definition) is 1. The van der Waals surface area contributed by atoms with Crippen LogP contribution in [0.1, 0.15) is 12.8 Å². The SMILES string of the molecule is O=C(CSc1ccc(-c2ccc(Cl)cc2)nn1)Nc1ccc(N2CCCC2)cc1. The fourth-order valence-corrected chi connectivity index (χ4v) is 3.98. The van der Waals surface area contributed by atoms with Gasteiger partial charge in [-0.25, -0.2) is 0 Å². The number of carbonyl (C=O) groups excluding carboxylic acids is 1. The number of rotatable bonds is 6. The number of nitrogens with zero attached hydrogens (tertiary/aromatic N) is 3. The molecule has 1 amide bonds. The Morgan fingerprint density at radius 1 is 0.966 bits per heavy atom. The second-order valence-corrected chi connectivity index (χ2v) is 8.27. The van der Waals surface area contributed by atoms with Gasteiger partial charge in [-0.2, -0.15) is 0 Å². The van der Waals surface area contributed by atoms with Crippen LogP contribution in [0.5, 0.6) is 0 Å². The smallest absolute Gasteiger partial charge is 0.234 e. The zero-order chi connectivity index (χ0) is 20.1. The van der Waals surface area contributed by atoms with Gasteiger partial charge < -0.3 is 10.2 Å². The molecule has 0 atom stereocenters. The number of anilines is 2. The summed E-state index contributed by atoms with van der Waals surface area (Å²) in [5, 5.41) is 12.8. The van der Waals surface area contributed by atoms with Gasteiger partial charge in [-0.05, 0) is 61.4 Å². The Kier molecular flexibility index (Phi) is 6.32. The number of thioether (sulfide) groups is 1. The fourth-order valence-electron chi connectivity index (χ4n) is 3.24. The summed E-state index contributed by atoms with van der Waals surface area (Å²) in [4.78, 5) is 14.6. The van der Waals surface area contributed by atoms with Gasteiger partial charge in [0.05, 0.1) is 11.4 Å². The van der Waals surface area contributed by atoms with E-state index in [1.54, 1.807) is 0 Å². The van der Waals surface area contributed by atoms with Crippen LogP contribution in [0, 0.1) is 0 Å². The van der Waals surface area contributed by atoms with Crippen LogP contribution in [0.15, 0.2) is 65.7 Å². The molecule has 4 rings (SSSR count). The zero-order valence-electron chi connectivity index (χ0n) is 15.8. The Balaban J connectivity index is 1.28. The van der Waals surface area contributed by atoms with E-state index < -0.39 is 0 Å². The van der Waals surface area contributed by atoms with Crippen molar-refractivity contribution in [3.05, 3.63) is 65.7 Å². The van der Waals surface area contributed by atoms with Crippen LogP contribution in [0.2, 0.25) is 5.02 Å². The third-order valence-corrected chi connectivity index (χ3v) is 5.93. The Morgan fingerprint density at radius 2 is 1.69 bits per heavy atom. The number of halogens is 1. The van der Waals surface area contributed by atoms with Gasteiger partial charge in [0.15, 0.2) is 0 Å². The van der Waals surface area contributed by atoms with E-state index in [-0.39, 0.29) is 11.7 Å². The van der Waals surface area contributed by atoms with Crippen LogP contribution in [-0.2, 0) is 4.79 Å². The molecule has 29 heavy (non-hydrogen) atoms. The summed E-state index contributed by atoms with van der Waals surface area (Å²) in [6.45, 7) is 2.22. The first-order chi connectivity index (χ1) is 14.2. The molecule has 1 aromatic heterocycles. The van der Waals surface area contributed by atoms with E-state index in [4.69, 9.17) is 11.6 Å². The molecule has 2 aromatic carbocycles. The van der Waals surface area contributed by atoms with Crippen molar-refractivity contribution >= 4 is 40.6 Å². The van der Waals surface area contributed by atoms with Crippen molar-refractivity contribution in [3.8, 4) is 11.3 Å². The molecular formula is C22H21ClN4OS. The highest BCUT2D eigenvalue weighted by atomic mass is 35.5. The van der Waals surface area contributed by atoms with Crippen molar-refractivity contribution in [2.24, 2.45) is 0 Å². The highest BCUT2D eigenvalue weighted by molar-refractivity contribution is 7.99. The molecule has 2 heterocycles. The van der Waals surface area contributed by atoms with Gasteiger partial charge in [0.25, 0.3) is 0 Å². The molecule has 1 aliphatic rings. The van der Waals surface area contributed by atoms with E-state index in [9.17, 15) is 4.79 Å². The highest BCUT2D eigenvalue weighted by Gasteiger charge is 2.12. The van der Waals surface area contributed by atoms with Crippen LogP contribution >= 0.6 is 23.4 Å². The number of amides is 1. The first-order valence-electron chi connectivity index (χ1n) is 9.55.